The van der Waals surface area contributed by atoms with Gasteiger partial charge in [-0.1, -0.05) is 194 Å². The third-order valence-corrected chi connectivity index (χ3v) is 12.4. The van der Waals surface area contributed by atoms with Gasteiger partial charge in [-0.2, -0.15) is 0 Å². The number of rotatable bonds is 4. The highest BCUT2D eigenvalue weighted by molar-refractivity contribution is 6.19. The zero-order valence-electron chi connectivity index (χ0n) is 31.8. The number of fused-ring (bicyclic) bond motifs is 9. The molecule has 0 spiro atoms. The first kappa shape index (κ1) is 32.7. The fraction of sp³-hybridized carbons (Fsp3) is 0. The van der Waals surface area contributed by atoms with Crippen LogP contribution in [-0.2, 0) is 0 Å². The minimum atomic E-state index is 1.22. The predicted octanol–water partition coefficient (Wildman–Crippen LogP) is 16.4. The molecule has 0 saturated heterocycles. The molecular weight excluding hydrogens is 697 g/mol. The van der Waals surface area contributed by atoms with E-state index in [1.165, 1.54) is 120 Å². The Morgan fingerprint density at radius 1 is 0.155 bits per heavy atom. The number of hydrogen-bond donors (Lipinski definition) is 0. The summed E-state index contributed by atoms with van der Waals surface area (Å²) in [7, 11) is 0. The van der Waals surface area contributed by atoms with E-state index in [2.05, 4.69) is 218 Å². The van der Waals surface area contributed by atoms with Crippen molar-refractivity contribution in [2.75, 3.05) is 0 Å². The van der Waals surface area contributed by atoms with Crippen molar-refractivity contribution in [2.24, 2.45) is 0 Å². The summed E-state index contributed by atoms with van der Waals surface area (Å²) < 4.78 is 0. The standard InChI is InChI=1S/C58H36/c1-3-15-43-38(13-1)35-57(53-23-11-7-17-47(43)53)55-31-29-45(49-19-5-9-21-51(49)55)40-27-25-37-26-28-41(34-42(37)33-40)46-30-32-56(52-22-10-6-20-50(46)52)58-36-39-14-2-4-16-44(39)48-18-8-12-24-54(48)58/h1-36H. The van der Waals surface area contributed by atoms with E-state index in [1.807, 2.05) is 0 Å². The Morgan fingerprint density at radius 2 is 0.466 bits per heavy atom. The molecule has 0 aliphatic rings. The Balaban J connectivity index is 0.991. The van der Waals surface area contributed by atoms with Crippen molar-refractivity contribution in [1.82, 2.24) is 0 Å². The molecule has 0 N–H and O–H groups in total. The highest BCUT2D eigenvalue weighted by atomic mass is 14.2. The quantitative estimate of drug-likeness (QED) is 0.158. The SMILES string of the molecule is c1ccc2c(c1)cc(-c1ccc(-c3ccc4ccc(-c5ccc(-c6cc7ccccc7c7ccccc67)c6ccccc56)cc4c3)c3ccccc13)c1ccccc12. The molecule has 0 saturated carbocycles. The van der Waals surface area contributed by atoms with Gasteiger partial charge in [-0.15, -0.1) is 0 Å². The van der Waals surface area contributed by atoms with E-state index in [9.17, 15) is 0 Å². The van der Waals surface area contributed by atoms with Crippen LogP contribution >= 0.6 is 0 Å². The van der Waals surface area contributed by atoms with E-state index in [0.717, 1.165) is 0 Å². The maximum absolute atomic E-state index is 2.38. The molecule has 0 heteroatoms. The molecule has 12 rings (SSSR count). The summed E-state index contributed by atoms with van der Waals surface area (Å²) in [6.07, 6.45) is 0. The monoisotopic (exact) mass is 732 g/mol. The lowest BCUT2D eigenvalue weighted by atomic mass is 9.87. The summed E-state index contributed by atoms with van der Waals surface area (Å²) in [4.78, 5) is 0. The summed E-state index contributed by atoms with van der Waals surface area (Å²) in [6, 6.07) is 80.9. The Bertz CT molecular complexity index is 3390. The van der Waals surface area contributed by atoms with Gasteiger partial charge in [-0.25, -0.2) is 0 Å². The molecule has 0 unspecified atom stereocenters. The van der Waals surface area contributed by atoms with Crippen molar-refractivity contribution in [3.8, 4) is 44.5 Å². The van der Waals surface area contributed by atoms with Crippen molar-refractivity contribution in [3.05, 3.63) is 218 Å². The fourth-order valence-corrected chi connectivity index (χ4v) is 9.71. The lowest BCUT2D eigenvalue weighted by molar-refractivity contribution is 1.65. The summed E-state index contributed by atoms with van der Waals surface area (Å²) in [6.45, 7) is 0. The number of benzene rings is 12. The van der Waals surface area contributed by atoms with Crippen LogP contribution in [0, 0.1) is 0 Å². The highest BCUT2D eigenvalue weighted by Crippen LogP contribution is 2.43. The molecule has 268 valence electrons. The molecule has 12 aromatic carbocycles. The molecule has 58 heavy (non-hydrogen) atoms. The Kier molecular flexibility index (Phi) is 7.33. The van der Waals surface area contributed by atoms with Crippen molar-refractivity contribution in [1.29, 1.82) is 0 Å². The highest BCUT2D eigenvalue weighted by Gasteiger charge is 2.16. The minimum Gasteiger partial charge on any atom is -0.0616 e. The van der Waals surface area contributed by atoms with E-state index in [-0.39, 0.29) is 0 Å². The maximum Gasteiger partial charge on any atom is -0.00928 e. The van der Waals surface area contributed by atoms with Gasteiger partial charge >= 0.3 is 0 Å². The van der Waals surface area contributed by atoms with Crippen LogP contribution in [0.15, 0.2) is 218 Å². The third-order valence-electron chi connectivity index (χ3n) is 12.4. The average molecular weight is 733 g/mol. The van der Waals surface area contributed by atoms with Crippen LogP contribution in [0.5, 0.6) is 0 Å². The summed E-state index contributed by atoms with van der Waals surface area (Å²) >= 11 is 0. The van der Waals surface area contributed by atoms with Crippen molar-refractivity contribution in [2.45, 2.75) is 0 Å². The van der Waals surface area contributed by atoms with Crippen LogP contribution in [0.4, 0.5) is 0 Å². The second-order valence-corrected chi connectivity index (χ2v) is 15.6. The molecule has 0 fully saturated rings. The van der Waals surface area contributed by atoms with Crippen LogP contribution in [-0.4, -0.2) is 0 Å². The van der Waals surface area contributed by atoms with E-state index < -0.39 is 0 Å². The van der Waals surface area contributed by atoms with Gasteiger partial charge in [0.05, 0.1) is 0 Å². The third kappa shape index (κ3) is 5.09. The molecule has 12 aromatic rings. The second-order valence-electron chi connectivity index (χ2n) is 15.6. The molecule has 0 amide bonds. The zero-order valence-corrected chi connectivity index (χ0v) is 31.8. The lowest BCUT2D eigenvalue weighted by Crippen LogP contribution is -1.90. The molecular formula is C58H36. The van der Waals surface area contributed by atoms with Gasteiger partial charge in [0, 0.05) is 0 Å². The number of hydrogen-bond acceptors (Lipinski definition) is 0. The lowest BCUT2D eigenvalue weighted by Gasteiger charge is -2.16. The summed E-state index contributed by atoms with van der Waals surface area (Å²) in [5.74, 6) is 0. The van der Waals surface area contributed by atoms with Crippen molar-refractivity contribution >= 4 is 75.4 Å². The Hall–Kier alpha value is -7.54. The molecule has 0 heterocycles. The van der Waals surface area contributed by atoms with Gasteiger partial charge in [0.25, 0.3) is 0 Å². The summed E-state index contributed by atoms with van der Waals surface area (Å²) in [5.41, 5.74) is 9.99. The van der Waals surface area contributed by atoms with E-state index in [0.29, 0.717) is 0 Å². The van der Waals surface area contributed by atoms with Crippen LogP contribution in [0.1, 0.15) is 0 Å². The molecule has 0 bridgehead atoms. The largest absolute Gasteiger partial charge is 0.0616 e. The second kappa shape index (κ2) is 13.0. The molecule has 0 aromatic heterocycles. The smallest absolute Gasteiger partial charge is 0.00928 e. The van der Waals surface area contributed by atoms with E-state index >= 15 is 0 Å². The van der Waals surface area contributed by atoms with Gasteiger partial charge in [0.1, 0.15) is 0 Å². The fourth-order valence-electron chi connectivity index (χ4n) is 9.71. The minimum absolute atomic E-state index is 1.22. The predicted molar refractivity (Wildman–Crippen MR) is 251 cm³/mol. The average Bonchev–Trinajstić information content (AvgIpc) is 3.30. The maximum atomic E-state index is 2.38. The first-order valence-corrected chi connectivity index (χ1v) is 20.2. The molecule has 0 aliphatic heterocycles. The first-order chi connectivity index (χ1) is 28.8. The van der Waals surface area contributed by atoms with E-state index in [4.69, 9.17) is 0 Å². The molecule has 0 aliphatic carbocycles. The van der Waals surface area contributed by atoms with Gasteiger partial charge in [-0.05, 0) is 144 Å². The normalized spacial score (nSPS) is 11.8. The van der Waals surface area contributed by atoms with Crippen LogP contribution in [0.2, 0.25) is 0 Å². The van der Waals surface area contributed by atoms with Crippen molar-refractivity contribution < 1.29 is 0 Å². The summed E-state index contributed by atoms with van der Waals surface area (Å²) in [5, 5.41) is 17.8. The first-order valence-electron chi connectivity index (χ1n) is 20.2. The van der Waals surface area contributed by atoms with Crippen LogP contribution in [0.3, 0.4) is 0 Å². The Morgan fingerprint density at radius 3 is 0.879 bits per heavy atom. The molecule has 0 nitrogen and oxygen atoms in total. The van der Waals surface area contributed by atoms with Crippen molar-refractivity contribution in [3.63, 3.8) is 0 Å². The van der Waals surface area contributed by atoms with Gasteiger partial charge in [-0.3, -0.25) is 0 Å². The van der Waals surface area contributed by atoms with Crippen LogP contribution in [0.25, 0.3) is 120 Å². The zero-order chi connectivity index (χ0) is 38.2. The van der Waals surface area contributed by atoms with Gasteiger partial charge < -0.3 is 0 Å². The van der Waals surface area contributed by atoms with Crippen LogP contribution < -0.4 is 0 Å². The Labute approximate surface area is 336 Å². The van der Waals surface area contributed by atoms with E-state index in [1.54, 1.807) is 0 Å². The van der Waals surface area contributed by atoms with Gasteiger partial charge in [0.15, 0.2) is 0 Å². The van der Waals surface area contributed by atoms with Gasteiger partial charge in [0.2, 0.25) is 0 Å². The molecule has 0 atom stereocenters. The topological polar surface area (TPSA) is 0 Å². The molecule has 0 radical (unpaired) electrons.